The summed E-state index contributed by atoms with van der Waals surface area (Å²) in [5.74, 6) is -1.51. The van der Waals surface area contributed by atoms with Crippen LogP contribution in [0.2, 0.25) is 0 Å². The zero-order valence-electron chi connectivity index (χ0n) is 12.9. The van der Waals surface area contributed by atoms with E-state index in [0.717, 1.165) is 12.8 Å². The van der Waals surface area contributed by atoms with Crippen LogP contribution < -0.4 is 0 Å². The Bertz CT molecular complexity index is 370. The molecule has 2 heterocycles. The lowest BCUT2D eigenvalue weighted by molar-refractivity contribution is -0.259. The Balaban J connectivity index is 2.14. The highest BCUT2D eigenvalue weighted by Crippen LogP contribution is 2.37. The summed E-state index contributed by atoms with van der Waals surface area (Å²) in [6.45, 7) is 6.01. The van der Waals surface area contributed by atoms with Crippen LogP contribution in [0.1, 0.15) is 33.6 Å². The number of methoxy groups -OCH3 is 1. The van der Waals surface area contributed by atoms with Gasteiger partial charge in [0.05, 0.1) is 7.11 Å². The van der Waals surface area contributed by atoms with E-state index in [1.807, 2.05) is 6.92 Å². The Morgan fingerprint density at radius 2 is 2.05 bits per heavy atom. The molecule has 2 rings (SSSR count). The molecule has 0 bridgehead atoms. The Morgan fingerprint density at radius 1 is 1.33 bits per heavy atom. The van der Waals surface area contributed by atoms with Crippen molar-refractivity contribution in [3.05, 3.63) is 0 Å². The van der Waals surface area contributed by atoms with Gasteiger partial charge in [0.15, 0.2) is 18.2 Å². The van der Waals surface area contributed by atoms with Crippen molar-refractivity contribution in [1.29, 1.82) is 0 Å². The minimum Gasteiger partial charge on any atom is -0.467 e. The van der Waals surface area contributed by atoms with Crippen LogP contribution in [0.15, 0.2) is 0 Å². The standard InChI is InChI=1S/C14H24O7/c1-5-6-7-18-9-8(15)10(12(16)17-4)19-13-11(9)20-14(2,3)21-13/h8-11,13,15H,5-7H2,1-4H3/t8-,9?,10?,11-,13+/m0/s1. The van der Waals surface area contributed by atoms with Crippen molar-refractivity contribution < 1.29 is 33.6 Å². The van der Waals surface area contributed by atoms with Gasteiger partial charge >= 0.3 is 5.97 Å². The van der Waals surface area contributed by atoms with E-state index in [-0.39, 0.29) is 0 Å². The maximum absolute atomic E-state index is 11.7. The maximum atomic E-state index is 11.7. The highest BCUT2D eigenvalue weighted by Gasteiger charge is 2.56. The fourth-order valence-electron chi connectivity index (χ4n) is 2.54. The third-order valence-corrected chi connectivity index (χ3v) is 3.58. The van der Waals surface area contributed by atoms with E-state index in [0.29, 0.717) is 6.61 Å². The molecule has 0 saturated carbocycles. The second-order valence-electron chi connectivity index (χ2n) is 5.73. The summed E-state index contributed by atoms with van der Waals surface area (Å²) >= 11 is 0. The predicted molar refractivity (Wildman–Crippen MR) is 71.4 cm³/mol. The van der Waals surface area contributed by atoms with Gasteiger partial charge in [-0.1, -0.05) is 13.3 Å². The molecule has 0 aromatic carbocycles. The van der Waals surface area contributed by atoms with Gasteiger partial charge in [-0.25, -0.2) is 4.79 Å². The van der Waals surface area contributed by atoms with Crippen LogP contribution in [0.25, 0.3) is 0 Å². The van der Waals surface area contributed by atoms with Gasteiger partial charge in [0.1, 0.15) is 18.3 Å². The van der Waals surface area contributed by atoms with E-state index < -0.39 is 42.5 Å². The minimum atomic E-state index is -1.16. The lowest BCUT2D eigenvalue weighted by atomic mass is 9.98. The first-order valence-corrected chi connectivity index (χ1v) is 7.28. The molecule has 2 saturated heterocycles. The molecule has 122 valence electrons. The smallest absolute Gasteiger partial charge is 0.337 e. The van der Waals surface area contributed by atoms with E-state index in [1.165, 1.54) is 7.11 Å². The summed E-state index contributed by atoms with van der Waals surface area (Å²) in [7, 11) is 1.24. The Hall–Kier alpha value is -0.730. The van der Waals surface area contributed by atoms with Crippen LogP contribution in [-0.2, 0) is 28.5 Å². The van der Waals surface area contributed by atoms with E-state index >= 15 is 0 Å². The number of carbonyl (C=O) groups excluding carboxylic acids is 1. The molecule has 2 aliphatic heterocycles. The molecule has 0 aromatic rings. The summed E-state index contributed by atoms with van der Waals surface area (Å²) in [5, 5.41) is 10.4. The fraction of sp³-hybridized carbons (Fsp3) is 0.929. The molecule has 0 spiro atoms. The zero-order chi connectivity index (χ0) is 15.6. The molecule has 7 heteroatoms. The predicted octanol–water partition coefficient (Wildman–Crippen LogP) is 0.582. The SMILES string of the molecule is CCCCOC1[C@H](O)C(C(=O)OC)O[C@@H]2OC(C)(C)O[C@@H]12. The molecule has 0 amide bonds. The van der Waals surface area contributed by atoms with Gasteiger partial charge < -0.3 is 28.8 Å². The van der Waals surface area contributed by atoms with Crippen molar-refractivity contribution in [3.63, 3.8) is 0 Å². The second kappa shape index (κ2) is 6.58. The van der Waals surface area contributed by atoms with Gasteiger partial charge in [-0.15, -0.1) is 0 Å². The molecule has 0 aliphatic carbocycles. The van der Waals surface area contributed by atoms with Gasteiger partial charge in [-0.3, -0.25) is 0 Å². The molecule has 2 unspecified atom stereocenters. The molecule has 1 N–H and O–H groups in total. The number of carbonyl (C=O) groups is 1. The molecule has 0 radical (unpaired) electrons. The van der Waals surface area contributed by atoms with Crippen LogP contribution in [-0.4, -0.2) is 61.3 Å². The number of esters is 1. The first kappa shape index (κ1) is 16.6. The first-order valence-electron chi connectivity index (χ1n) is 7.28. The van der Waals surface area contributed by atoms with Crippen molar-refractivity contribution in [2.24, 2.45) is 0 Å². The Kier molecular flexibility index (Phi) is 5.21. The Morgan fingerprint density at radius 3 is 2.67 bits per heavy atom. The van der Waals surface area contributed by atoms with Gasteiger partial charge in [-0.05, 0) is 20.3 Å². The van der Waals surface area contributed by atoms with Crippen LogP contribution in [0.5, 0.6) is 0 Å². The second-order valence-corrected chi connectivity index (χ2v) is 5.73. The minimum absolute atomic E-state index is 0.471. The van der Waals surface area contributed by atoms with E-state index in [9.17, 15) is 9.90 Å². The summed E-state index contributed by atoms with van der Waals surface area (Å²) in [4.78, 5) is 11.7. The summed E-state index contributed by atoms with van der Waals surface area (Å²) in [6, 6.07) is 0. The molecule has 5 atom stereocenters. The van der Waals surface area contributed by atoms with Crippen molar-refractivity contribution in [2.45, 2.75) is 70.1 Å². The van der Waals surface area contributed by atoms with Gasteiger partial charge in [0.25, 0.3) is 0 Å². The molecular weight excluding hydrogens is 280 g/mol. The molecule has 21 heavy (non-hydrogen) atoms. The van der Waals surface area contributed by atoms with Gasteiger partial charge in [0, 0.05) is 6.61 Å². The Labute approximate surface area is 124 Å². The molecular formula is C14H24O7. The number of unbranched alkanes of at least 4 members (excludes halogenated alkanes) is 1. The number of ether oxygens (including phenoxy) is 5. The van der Waals surface area contributed by atoms with Crippen molar-refractivity contribution in [1.82, 2.24) is 0 Å². The van der Waals surface area contributed by atoms with Gasteiger partial charge in [-0.2, -0.15) is 0 Å². The molecule has 2 fully saturated rings. The number of aliphatic hydroxyl groups excluding tert-OH is 1. The van der Waals surface area contributed by atoms with Crippen LogP contribution in [0.4, 0.5) is 0 Å². The molecule has 0 aromatic heterocycles. The molecule has 2 aliphatic rings. The topological polar surface area (TPSA) is 83.5 Å². The monoisotopic (exact) mass is 304 g/mol. The number of aliphatic hydroxyl groups is 1. The van der Waals surface area contributed by atoms with E-state index in [2.05, 4.69) is 4.74 Å². The van der Waals surface area contributed by atoms with Crippen molar-refractivity contribution >= 4 is 5.97 Å². The lowest BCUT2D eigenvalue weighted by Crippen LogP contribution is -2.59. The average molecular weight is 304 g/mol. The first-order chi connectivity index (χ1) is 9.89. The number of hydrogen-bond donors (Lipinski definition) is 1. The summed E-state index contributed by atoms with van der Waals surface area (Å²) < 4.78 is 27.2. The van der Waals surface area contributed by atoms with Crippen LogP contribution in [0.3, 0.4) is 0 Å². The number of hydrogen-bond acceptors (Lipinski definition) is 7. The van der Waals surface area contributed by atoms with E-state index in [1.54, 1.807) is 13.8 Å². The number of fused-ring (bicyclic) bond motifs is 1. The van der Waals surface area contributed by atoms with Crippen molar-refractivity contribution in [3.8, 4) is 0 Å². The largest absolute Gasteiger partial charge is 0.467 e. The highest BCUT2D eigenvalue weighted by molar-refractivity contribution is 5.75. The van der Waals surface area contributed by atoms with Crippen LogP contribution >= 0.6 is 0 Å². The summed E-state index contributed by atoms with van der Waals surface area (Å²) in [5.41, 5.74) is 0. The van der Waals surface area contributed by atoms with Gasteiger partial charge in [0.2, 0.25) is 0 Å². The fourth-order valence-corrected chi connectivity index (χ4v) is 2.54. The maximum Gasteiger partial charge on any atom is 0.337 e. The quantitative estimate of drug-likeness (QED) is 0.587. The third-order valence-electron chi connectivity index (χ3n) is 3.58. The lowest BCUT2D eigenvalue weighted by Gasteiger charge is -2.38. The summed E-state index contributed by atoms with van der Waals surface area (Å²) in [6.07, 6.45) is -2.51. The highest BCUT2D eigenvalue weighted by atomic mass is 16.8. The third kappa shape index (κ3) is 3.54. The van der Waals surface area contributed by atoms with Crippen molar-refractivity contribution in [2.75, 3.05) is 13.7 Å². The normalized spacial score (nSPS) is 38.0. The zero-order valence-corrected chi connectivity index (χ0v) is 12.9. The molecule has 7 nitrogen and oxygen atoms in total. The average Bonchev–Trinajstić information content (AvgIpc) is 2.74. The van der Waals surface area contributed by atoms with E-state index in [4.69, 9.17) is 18.9 Å². The van der Waals surface area contributed by atoms with Crippen LogP contribution in [0, 0.1) is 0 Å². The number of rotatable bonds is 5.